The van der Waals surface area contributed by atoms with E-state index in [0.717, 1.165) is 0 Å². The van der Waals surface area contributed by atoms with Crippen LogP contribution in [0.3, 0.4) is 0 Å². The van der Waals surface area contributed by atoms with Crippen LogP contribution in [0.1, 0.15) is 38.0 Å². The lowest BCUT2D eigenvalue weighted by Crippen LogP contribution is -2.47. The predicted octanol–water partition coefficient (Wildman–Crippen LogP) is 3.83. The third kappa shape index (κ3) is 5.66. The van der Waals surface area contributed by atoms with Gasteiger partial charge in [0.1, 0.15) is 33.3 Å². The quantitative estimate of drug-likeness (QED) is 0.273. The van der Waals surface area contributed by atoms with Crippen LogP contribution in [0, 0.1) is 5.41 Å². The maximum absolute atomic E-state index is 12.8. The molecule has 1 aliphatic rings. The van der Waals surface area contributed by atoms with E-state index in [1.54, 1.807) is 97.9 Å². The van der Waals surface area contributed by atoms with Gasteiger partial charge in [0.2, 0.25) is 0 Å². The molecule has 3 aromatic carbocycles. The Morgan fingerprint density at radius 2 is 1.19 bits per heavy atom. The molecule has 0 aromatic heterocycles. The molecule has 4 rings (SSSR count). The number of carbonyl (C=O) groups excluding carboxylic acids is 3. The fourth-order valence-corrected chi connectivity index (χ4v) is 4.03. The van der Waals surface area contributed by atoms with Crippen molar-refractivity contribution in [3.8, 4) is 0 Å². The van der Waals surface area contributed by atoms with E-state index in [1.807, 2.05) is 0 Å². The average molecular weight is 484 g/mol. The number of benzene rings is 3. The lowest BCUT2D eigenvalue weighted by atomic mass is 9.76. The predicted molar refractivity (Wildman–Crippen MR) is 132 cm³/mol. The Morgan fingerprint density at radius 3 is 1.69 bits per heavy atom. The van der Waals surface area contributed by atoms with E-state index in [0.29, 0.717) is 16.7 Å². The molecule has 7 nitrogen and oxygen atoms in total. The summed E-state index contributed by atoms with van der Waals surface area (Å²) >= 11 is 0. The minimum atomic E-state index is -1.11. The first-order valence-electron chi connectivity index (χ1n) is 11.5. The molecule has 0 saturated carbocycles. The van der Waals surface area contributed by atoms with E-state index < -0.39 is 41.5 Å². The highest BCUT2D eigenvalue weighted by Gasteiger charge is 2.55. The number of hydrogen-bond donors (Lipinski definition) is 0. The van der Waals surface area contributed by atoms with Crippen LogP contribution < -0.4 is 0 Å². The van der Waals surface area contributed by atoms with Crippen LogP contribution in [0.25, 0.3) is 0 Å². The van der Waals surface area contributed by atoms with Gasteiger partial charge in [-0.1, -0.05) is 61.5 Å². The van der Waals surface area contributed by atoms with Gasteiger partial charge in [0.25, 0.3) is 0 Å². The minimum absolute atomic E-state index is 0.180. The summed E-state index contributed by atoms with van der Waals surface area (Å²) in [5.41, 5.74) is -0.0174. The minimum Gasteiger partial charge on any atom is -0.461 e. The van der Waals surface area contributed by atoms with Gasteiger partial charge in [-0.3, -0.25) is 0 Å². The van der Waals surface area contributed by atoms with Crippen molar-refractivity contribution in [1.82, 2.24) is 0 Å². The van der Waals surface area contributed by atoms with Gasteiger partial charge in [0.05, 0.1) is 28.1 Å². The first-order valence-corrected chi connectivity index (χ1v) is 11.5. The summed E-state index contributed by atoms with van der Waals surface area (Å²) < 4.78 is 22.7. The maximum Gasteiger partial charge on any atom is 0.338 e. The Bertz CT molecular complexity index is 1190. The Balaban J connectivity index is 1.53. The van der Waals surface area contributed by atoms with E-state index in [2.05, 4.69) is 0 Å². The van der Waals surface area contributed by atoms with Crippen molar-refractivity contribution in [1.29, 1.82) is 0 Å². The first-order chi connectivity index (χ1) is 17.4. The van der Waals surface area contributed by atoms with E-state index in [4.69, 9.17) is 26.8 Å². The summed E-state index contributed by atoms with van der Waals surface area (Å²) in [6.45, 7) is 1.36. The summed E-state index contributed by atoms with van der Waals surface area (Å²) in [5, 5.41) is 0. The lowest BCUT2D eigenvalue weighted by molar-refractivity contribution is -0.0525. The van der Waals surface area contributed by atoms with Gasteiger partial charge in [-0.15, -0.1) is 0 Å². The zero-order valence-corrected chi connectivity index (χ0v) is 19.7. The largest absolute Gasteiger partial charge is 0.461 e. The Kier molecular flexibility index (Phi) is 7.85. The van der Waals surface area contributed by atoms with E-state index >= 15 is 0 Å². The first kappa shape index (κ1) is 25.2. The number of carbonyl (C=O) groups is 3. The molecule has 2 radical (unpaired) electrons. The van der Waals surface area contributed by atoms with Crippen molar-refractivity contribution in [2.24, 2.45) is 5.41 Å². The van der Waals surface area contributed by atoms with Crippen molar-refractivity contribution >= 4 is 25.8 Å². The second kappa shape index (κ2) is 11.2. The van der Waals surface area contributed by atoms with Crippen molar-refractivity contribution in [3.63, 3.8) is 0 Å². The molecule has 1 heterocycles. The van der Waals surface area contributed by atoms with Gasteiger partial charge in [0.15, 0.2) is 0 Å². The molecule has 1 fully saturated rings. The molecule has 1 aliphatic heterocycles. The molecule has 182 valence electrons. The molecule has 1 saturated heterocycles. The van der Waals surface area contributed by atoms with Gasteiger partial charge in [-0.05, 0) is 36.4 Å². The second-order valence-electron chi connectivity index (χ2n) is 8.69. The van der Waals surface area contributed by atoms with Crippen LogP contribution in [-0.2, 0) is 18.9 Å². The van der Waals surface area contributed by atoms with Gasteiger partial charge in [0, 0.05) is 0 Å². The number of hydrogen-bond acceptors (Lipinski definition) is 7. The van der Waals surface area contributed by atoms with E-state index in [9.17, 15) is 14.4 Å². The summed E-state index contributed by atoms with van der Waals surface area (Å²) in [6, 6.07) is 24.4. The smallest absolute Gasteiger partial charge is 0.338 e. The normalized spacial score (nSPS) is 23.0. The highest BCUT2D eigenvalue weighted by Crippen LogP contribution is 2.41. The molecule has 36 heavy (non-hydrogen) atoms. The average Bonchev–Trinajstić information content (AvgIpc) is 3.16. The van der Waals surface area contributed by atoms with Crippen LogP contribution >= 0.6 is 0 Å². The molecule has 1 unspecified atom stereocenters. The lowest BCUT2D eigenvalue weighted by Gasteiger charge is -2.34. The van der Waals surface area contributed by atoms with Crippen molar-refractivity contribution in [3.05, 3.63) is 108 Å². The van der Waals surface area contributed by atoms with Crippen LogP contribution in [0.2, 0.25) is 0 Å². The van der Waals surface area contributed by atoms with Crippen LogP contribution in [0.4, 0.5) is 0 Å². The topological polar surface area (TPSA) is 88.1 Å². The van der Waals surface area contributed by atoms with Crippen molar-refractivity contribution in [2.75, 3.05) is 13.2 Å². The monoisotopic (exact) mass is 484 g/mol. The molecule has 3 aromatic rings. The summed E-state index contributed by atoms with van der Waals surface area (Å²) in [4.78, 5) is 38.0. The highest BCUT2D eigenvalue weighted by atomic mass is 16.6. The zero-order valence-electron chi connectivity index (χ0n) is 19.7. The summed E-state index contributed by atoms with van der Waals surface area (Å²) in [5.74, 6) is -1.69. The van der Waals surface area contributed by atoms with E-state index in [-0.39, 0.29) is 13.2 Å². The SMILES string of the molecule is [B][C@@H]1OC(COC(=O)c2ccccc2)[C@](C)(COC(=O)c2ccccc2)[C@H]1OC(=O)c1ccccc1. The van der Waals surface area contributed by atoms with Crippen molar-refractivity contribution in [2.45, 2.75) is 25.1 Å². The molecule has 0 spiro atoms. The number of rotatable bonds is 8. The van der Waals surface area contributed by atoms with Crippen LogP contribution in [0.5, 0.6) is 0 Å². The van der Waals surface area contributed by atoms with Crippen molar-refractivity contribution < 1.29 is 33.3 Å². The third-order valence-electron chi connectivity index (χ3n) is 6.15. The molecule has 0 aliphatic carbocycles. The second-order valence-corrected chi connectivity index (χ2v) is 8.69. The van der Waals surface area contributed by atoms with Crippen LogP contribution in [-0.4, -0.2) is 57.2 Å². The molecule has 0 bridgehead atoms. The molecule has 8 heteroatoms. The summed E-state index contributed by atoms with van der Waals surface area (Å²) in [6.07, 6.45) is -1.79. The Labute approximate surface area is 210 Å². The van der Waals surface area contributed by atoms with Gasteiger partial charge in [-0.25, -0.2) is 14.4 Å². The fraction of sp³-hybridized carbons (Fsp3) is 0.250. The Hall–Kier alpha value is -3.91. The Morgan fingerprint density at radius 1 is 0.750 bits per heavy atom. The summed E-state index contributed by atoms with van der Waals surface area (Å²) in [7, 11) is 6.23. The standard InChI is InChI=1S/C28H25BO7/c1-28(18-34-26(31)20-13-7-3-8-14-20)22(17-33-25(30)19-11-5-2-6-12-19)35-24(29)23(28)36-27(32)21-15-9-4-10-16-21/h2-16,22-24H,17-18H2,1H3/t22?,23-,24+,28-/m0/s1. The number of esters is 3. The molecular formula is C28H25BO7. The third-order valence-corrected chi connectivity index (χ3v) is 6.15. The molecule has 0 amide bonds. The van der Waals surface area contributed by atoms with Gasteiger partial charge < -0.3 is 18.9 Å². The number of ether oxygens (including phenoxy) is 4. The highest BCUT2D eigenvalue weighted by molar-refractivity contribution is 6.12. The van der Waals surface area contributed by atoms with E-state index in [1.165, 1.54) is 0 Å². The van der Waals surface area contributed by atoms with Crippen LogP contribution in [0.15, 0.2) is 91.0 Å². The maximum atomic E-state index is 12.8. The van der Waals surface area contributed by atoms with Gasteiger partial charge >= 0.3 is 17.9 Å². The molecule has 0 N–H and O–H groups in total. The fourth-order valence-electron chi connectivity index (χ4n) is 4.03. The van der Waals surface area contributed by atoms with Gasteiger partial charge in [-0.2, -0.15) is 0 Å². The molecular weight excluding hydrogens is 459 g/mol. The zero-order chi connectivity index (χ0) is 25.5. The molecule has 4 atom stereocenters.